The number of esters is 1. The SMILES string of the molecule is CCOC(=O)[C@@H](NC(=O)c1ccccn1)C(CC)C[Si](C)(C)C. The smallest absolute Gasteiger partial charge is 0.328 e. The maximum atomic E-state index is 12.4. The van der Waals surface area contributed by atoms with Gasteiger partial charge in [-0.25, -0.2) is 4.79 Å². The van der Waals surface area contributed by atoms with Crippen LogP contribution in [0.2, 0.25) is 25.7 Å². The first kappa shape index (κ1) is 19.4. The number of pyridine rings is 1. The molecule has 0 aliphatic rings. The van der Waals surface area contributed by atoms with Gasteiger partial charge in [-0.3, -0.25) is 9.78 Å². The van der Waals surface area contributed by atoms with Gasteiger partial charge < -0.3 is 10.1 Å². The zero-order valence-corrected chi connectivity index (χ0v) is 15.8. The quantitative estimate of drug-likeness (QED) is 0.585. The third kappa shape index (κ3) is 6.52. The Morgan fingerprint density at radius 1 is 1.26 bits per heavy atom. The van der Waals surface area contributed by atoms with Crippen molar-refractivity contribution in [2.24, 2.45) is 5.92 Å². The summed E-state index contributed by atoms with van der Waals surface area (Å²) in [6.07, 6.45) is 2.38. The molecular formula is C17H28N2O3Si. The van der Waals surface area contributed by atoms with Crippen LogP contribution in [-0.2, 0) is 9.53 Å². The molecule has 1 aromatic heterocycles. The topological polar surface area (TPSA) is 68.3 Å². The van der Waals surface area contributed by atoms with Gasteiger partial charge >= 0.3 is 5.97 Å². The van der Waals surface area contributed by atoms with E-state index in [1.165, 1.54) is 0 Å². The summed E-state index contributed by atoms with van der Waals surface area (Å²) in [6.45, 7) is 10.9. The third-order valence-corrected chi connectivity index (χ3v) is 5.34. The van der Waals surface area contributed by atoms with E-state index < -0.39 is 14.1 Å². The molecule has 0 aliphatic heterocycles. The van der Waals surface area contributed by atoms with Crippen LogP contribution in [0.5, 0.6) is 0 Å². The predicted octanol–water partition coefficient (Wildman–Crippen LogP) is 3.11. The van der Waals surface area contributed by atoms with Crippen LogP contribution in [0.4, 0.5) is 0 Å². The Bertz CT molecular complexity index is 514. The molecular weight excluding hydrogens is 308 g/mol. The molecule has 1 amide bonds. The van der Waals surface area contributed by atoms with Crippen molar-refractivity contribution in [1.29, 1.82) is 0 Å². The van der Waals surface area contributed by atoms with Gasteiger partial charge in [0, 0.05) is 14.3 Å². The predicted molar refractivity (Wildman–Crippen MR) is 94.1 cm³/mol. The zero-order valence-electron chi connectivity index (χ0n) is 14.8. The van der Waals surface area contributed by atoms with Crippen molar-refractivity contribution in [1.82, 2.24) is 10.3 Å². The molecule has 2 atom stereocenters. The average Bonchev–Trinajstić information content (AvgIpc) is 2.50. The minimum Gasteiger partial charge on any atom is -0.464 e. The van der Waals surface area contributed by atoms with Gasteiger partial charge in [0.15, 0.2) is 0 Å². The fourth-order valence-corrected chi connectivity index (χ4v) is 4.70. The lowest BCUT2D eigenvalue weighted by atomic mass is 9.98. The van der Waals surface area contributed by atoms with Gasteiger partial charge in [-0.1, -0.05) is 45.1 Å². The highest BCUT2D eigenvalue weighted by Crippen LogP contribution is 2.24. The van der Waals surface area contributed by atoms with Crippen LogP contribution in [0.25, 0.3) is 0 Å². The van der Waals surface area contributed by atoms with Gasteiger partial charge in [0.25, 0.3) is 5.91 Å². The zero-order chi connectivity index (χ0) is 17.5. The highest BCUT2D eigenvalue weighted by Gasteiger charge is 2.33. The van der Waals surface area contributed by atoms with Gasteiger partial charge in [-0.15, -0.1) is 0 Å². The summed E-state index contributed by atoms with van der Waals surface area (Å²) in [5, 5.41) is 2.84. The minimum atomic E-state index is -1.38. The van der Waals surface area contributed by atoms with Gasteiger partial charge in [0.05, 0.1) is 6.61 Å². The lowest BCUT2D eigenvalue weighted by Gasteiger charge is -2.30. The average molecular weight is 337 g/mol. The minimum absolute atomic E-state index is 0.0772. The lowest BCUT2D eigenvalue weighted by Crippen LogP contribution is -2.48. The number of rotatable bonds is 8. The van der Waals surface area contributed by atoms with Gasteiger partial charge in [-0.2, -0.15) is 0 Å². The molecule has 0 spiro atoms. The monoisotopic (exact) mass is 336 g/mol. The fraction of sp³-hybridized carbons (Fsp3) is 0.588. The Morgan fingerprint density at radius 3 is 2.43 bits per heavy atom. The van der Waals surface area contributed by atoms with E-state index >= 15 is 0 Å². The summed E-state index contributed by atoms with van der Waals surface area (Å²) in [7, 11) is -1.38. The largest absolute Gasteiger partial charge is 0.464 e. The normalized spacial score (nSPS) is 14.0. The maximum absolute atomic E-state index is 12.4. The Morgan fingerprint density at radius 2 is 1.96 bits per heavy atom. The van der Waals surface area contributed by atoms with Crippen molar-refractivity contribution in [2.75, 3.05) is 6.61 Å². The molecule has 23 heavy (non-hydrogen) atoms. The molecule has 0 bridgehead atoms. The Labute approximate surface area is 139 Å². The van der Waals surface area contributed by atoms with Gasteiger partial charge in [-0.05, 0) is 25.0 Å². The standard InChI is InChI=1S/C17H28N2O3Si/c1-6-13(12-23(3,4)5)15(17(21)22-7-2)19-16(20)14-10-8-9-11-18-14/h8-11,13,15H,6-7,12H2,1-5H3,(H,19,20)/t13?,15-/m0/s1. The molecule has 1 heterocycles. The van der Waals surface area contributed by atoms with Crippen LogP contribution in [0, 0.1) is 5.92 Å². The Hall–Kier alpha value is -1.69. The van der Waals surface area contributed by atoms with E-state index in [1.54, 1.807) is 31.3 Å². The number of carbonyl (C=O) groups excluding carboxylic acids is 2. The number of ether oxygens (including phenoxy) is 1. The van der Waals surface area contributed by atoms with Crippen molar-refractivity contribution >= 4 is 20.0 Å². The number of nitrogens with zero attached hydrogens (tertiary/aromatic N) is 1. The first-order valence-corrected chi connectivity index (χ1v) is 11.9. The number of hydrogen-bond acceptors (Lipinski definition) is 4. The molecule has 0 saturated carbocycles. The molecule has 0 aliphatic carbocycles. The van der Waals surface area contributed by atoms with Crippen molar-refractivity contribution in [3.05, 3.63) is 30.1 Å². The molecule has 0 fully saturated rings. The Balaban J connectivity index is 2.95. The number of aromatic nitrogens is 1. The van der Waals surface area contributed by atoms with Crippen LogP contribution in [0.3, 0.4) is 0 Å². The molecule has 0 saturated heterocycles. The van der Waals surface area contributed by atoms with E-state index in [9.17, 15) is 9.59 Å². The van der Waals surface area contributed by atoms with Crippen LogP contribution in [-0.4, -0.2) is 37.6 Å². The van der Waals surface area contributed by atoms with E-state index in [2.05, 4.69) is 29.9 Å². The van der Waals surface area contributed by atoms with E-state index in [4.69, 9.17) is 4.74 Å². The highest BCUT2D eigenvalue weighted by atomic mass is 28.3. The highest BCUT2D eigenvalue weighted by molar-refractivity contribution is 6.76. The molecule has 1 aromatic rings. The summed E-state index contributed by atoms with van der Waals surface area (Å²) in [5.74, 6) is -0.618. The van der Waals surface area contributed by atoms with E-state index in [0.717, 1.165) is 12.5 Å². The summed E-state index contributed by atoms with van der Waals surface area (Å²) in [6, 6.07) is 5.47. The van der Waals surface area contributed by atoms with Gasteiger partial charge in [0.2, 0.25) is 0 Å². The maximum Gasteiger partial charge on any atom is 0.328 e. The molecule has 0 aromatic carbocycles. The van der Waals surface area contributed by atoms with Gasteiger partial charge in [0.1, 0.15) is 11.7 Å². The molecule has 0 radical (unpaired) electrons. The Kier molecular flexibility index (Phi) is 7.42. The second-order valence-electron chi connectivity index (χ2n) is 6.85. The third-order valence-electron chi connectivity index (χ3n) is 3.60. The first-order chi connectivity index (χ1) is 10.8. The second kappa shape index (κ2) is 8.81. The van der Waals surface area contributed by atoms with Crippen molar-refractivity contribution in [3.63, 3.8) is 0 Å². The summed E-state index contributed by atoms with van der Waals surface area (Å²) < 4.78 is 5.18. The van der Waals surface area contributed by atoms with E-state index in [0.29, 0.717) is 12.3 Å². The van der Waals surface area contributed by atoms with Crippen molar-refractivity contribution in [3.8, 4) is 0 Å². The summed E-state index contributed by atoms with van der Waals surface area (Å²) in [5.41, 5.74) is 0.310. The number of carbonyl (C=O) groups is 2. The molecule has 1 rings (SSSR count). The number of amides is 1. The molecule has 1 N–H and O–H groups in total. The molecule has 6 heteroatoms. The van der Waals surface area contributed by atoms with Crippen LogP contribution in [0.1, 0.15) is 30.8 Å². The van der Waals surface area contributed by atoms with Crippen LogP contribution < -0.4 is 5.32 Å². The molecule has 128 valence electrons. The van der Waals surface area contributed by atoms with E-state index in [-0.39, 0.29) is 17.8 Å². The van der Waals surface area contributed by atoms with E-state index in [1.807, 2.05) is 6.92 Å². The summed E-state index contributed by atoms with van der Waals surface area (Å²) in [4.78, 5) is 28.8. The molecule has 5 nitrogen and oxygen atoms in total. The van der Waals surface area contributed by atoms with Crippen molar-refractivity contribution < 1.29 is 14.3 Å². The van der Waals surface area contributed by atoms with Crippen molar-refractivity contribution in [2.45, 2.75) is 52.0 Å². The lowest BCUT2D eigenvalue weighted by molar-refractivity contribution is -0.146. The summed E-state index contributed by atoms with van der Waals surface area (Å²) >= 11 is 0. The first-order valence-electron chi connectivity index (χ1n) is 8.17. The van der Waals surface area contributed by atoms with Crippen LogP contribution >= 0.6 is 0 Å². The van der Waals surface area contributed by atoms with Crippen LogP contribution in [0.15, 0.2) is 24.4 Å². The molecule has 1 unspecified atom stereocenters. The number of nitrogens with one attached hydrogen (secondary N) is 1. The fourth-order valence-electron chi connectivity index (χ4n) is 2.60. The number of hydrogen-bond donors (Lipinski definition) is 1. The second-order valence-corrected chi connectivity index (χ2v) is 12.4.